The van der Waals surface area contributed by atoms with E-state index in [4.69, 9.17) is 14.7 Å². The zero-order valence-electron chi connectivity index (χ0n) is 16.7. The number of aryl methyl sites for hydroxylation is 1. The van der Waals surface area contributed by atoms with Crippen LogP contribution in [0, 0.1) is 18.3 Å². The number of likely N-dealkylation sites (tertiary alicyclic amines) is 1. The molecule has 1 aliphatic rings. The number of carbonyl (C=O) groups is 1. The van der Waals surface area contributed by atoms with Gasteiger partial charge >= 0.3 is 0 Å². The summed E-state index contributed by atoms with van der Waals surface area (Å²) in [5.41, 5.74) is 2.51. The zero-order valence-corrected chi connectivity index (χ0v) is 17.6. The summed E-state index contributed by atoms with van der Waals surface area (Å²) < 4.78 is 11.3. The van der Waals surface area contributed by atoms with Gasteiger partial charge in [-0.3, -0.25) is 4.79 Å². The molecule has 1 aliphatic heterocycles. The minimum Gasteiger partial charge on any atom is -0.497 e. The van der Waals surface area contributed by atoms with Crippen LogP contribution >= 0.6 is 11.3 Å². The topological polar surface area (TPSA) is 75.5 Å². The first-order chi connectivity index (χ1) is 14.6. The number of β-lactam (4-membered cyclic amide) rings is 1. The number of ether oxygens (including phenoxy) is 2. The van der Waals surface area contributed by atoms with E-state index in [1.807, 2.05) is 47.5 Å². The monoisotopic (exact) mass is 419 g/mol. The van der Waals surface area contributed by atoms with E-state index in [2.05, 4.69) is 11.1 Å². The maximum atomic E-state index is 13.0. The molecular weight excluding hydrogens is 398 g/mol. The lowest BCUT2D eigenvalue weighted by Crippen LogP contribution is -2.61. The van der Waals surface area contributed by atoms with Gasteiger partial charge in [0.05, 0.1) is 29.4 Å². The molecule has 7 heteroatoms. The summed E-state index contributed by atoms with van der Waals surface area (Å²) in [7, 11) is 1.59. The summed E-state index contributed by atoms with van der Waals surface area (Å²) >= 11 is 1.61. The Labute approximate surface area is 179 Å². The van der Waals surface area contributed by atoms with Crippen molar-refractivity contribution in [3.8, 4) is 17.6 Å². The van der Waals surface area contributed by atoms with E-state index >= 15 is 0 Å². The maximum absolute atomic E-state index is 13.0. The number of methoxy groups -OCH3 is 1. The predicted molar refractivity (Wildman–Crippen MR) is 114 cm³/mol. The van der Waals surface area contributed by atoms with Gasteiger partial charge in [0.2, 0.25) is 6.10 Å². The van der Waals surface area contributed by atoms with Crippen LogP contribution in [0.3, 0.4) is 0 Å². The van der Waals surface area contributed by atoms with Crippen molar-refractivity contribution >= 4 is 17.2 Å². The molecule has 2 atom stereocenters. The van der Waals surface area contributed by atoms with Crippen LogP contribution in [0.15, 0.2) is 53.9 Å². The number of carbonyl (C=O) groups excluding carboxylic acids is 1. The second-order valence-electron chi connectivity index (χ2n) is 7.04. The maximum Gasteiger partial charge on any atom is 0.266 e. The van der Waals surface area contributed by atoms with Crippen LogP contribution in [0.1, 0.15) is 27.9 Å². The Morgan fingerprint density at radius 2 is 1.97 bits per heavy atom. The highest BCUT2D eigenvalue weighted by Crippen LogP contribution is 2.38. The van der Waals surface area contributed by atoms with Crippen LogP contribution in [0.5, 0.6) is 11.5 Å². The third-order valence-corrected chi connectivity index (χ3v) is 5.93. The quantitative estimate of drug-likeness (QED) is 0.543. The van der Waals surface area contributed by atoms with Gasteiger partial charge in [-0.2, -0.15) is 5.26 Å². The Kier molecular flexibility index (Phi) is 5.68. The van der Waals surface area contributed by atoms with E-state index < -0.39 is 6.10 Å². The summed E-state index contributed by atoms with van der Waals surface area (Å²) in [5.74, 6) is 1.20. The van der Waals surface area contributed by atoms with Gasteiger partial charge in [0.1, 0.15) is 17.5 Å². The fraction of sp³-hybridized carbons (Fsp3) is 0.261. The standard InChI is InChI=1S/C23H21N3O3S/c1-15-25-18(14-30-15)10-11-26-21(17-8-6-16(13-24)7-9-17)22(23(26)27)29-20-5-3-4-19(12-20)28-2/h3-9,12,14,21-22H,10-11H2,1-2H3/t21-,22+/m1/s1. The average Bonchev–Trinajstić information content (AvgIpc) is 3.20. The highest BCUT2D eigenvalue weighted by Gasteiger charge is 2.49. The molecule has 1 saturated heterocycles. The normalized spacial score (nSPS) is 17.9. The molecule has 1 fully saturated rings. The zero-order chi connectivity index (χ0) is 21.1. The lowest BCUT2D eigenvalue weighted by Gasteiger charge is -2.46. The van der Waals surface area contributed by atoms with Crippen LogP contribution < -0.4 is 9.47 Å². The SMILES string of the molecule is COc1cccc(O[C@@H]2C(=O)N(CCc3csc(C)n3)[C@@H]2c2ccc(C#N)cc2)c1. The van der Waals surface area contributed by atoms with Crippen LogP contribution in [-0.2, 0) is 11.2 Å². The predicted octanol–water partition coefficient (Wildman–Crippen LogP) is 3.91. The first kappa shape index (κ1) is 19.9. The number of nitrogens with zero attached hydrogens (tertiary/aromatic N) is 3. The number of hydrogen-bond donors (Lipinski definition) is 0. The molecule has 1 aromatic heterocycles. The number of amides is 1. The minimum atomic E-state index is -0.623. The van der Waals surface area contributed by atoms with Gasteiger partial charge in [0.25, 0.3) is 5.91 Å². The lowest BCUT2D eigenvalue weighted by molar-refractivity contribution is -0.164. The van der Waals surface area contributed by atoms with Crippen LogP contribution in [0.25, 0.3) is 0 Å². The Hall–Kier alpha value is -3.37. The number of aromatic nitrogens is 1. The first-order valence-electron chi connectivity index (χ1n) is 9.61. The van der Waals surface area contributed by atoms with Gasteiger partial charge in [0.15, 0.2) is 0 Å². The molecule has 0 aliphatic carbocycles. The minimum absolute atomic E-state index is 0.0564. The summed E-state index contributed by atoms with van der Waals surface area (Å²) in [6.07, 6.45) is 0.0663. The molecule has 0 unspecified atom stereocenters. The van der Waals surface area contributed by atoms with Crippen molar-refractivity contribution in [1.82, 2.24) is 9.88 Å². The van der Waals surface area contributed by atoms with Crippen molar-refractivity contribution in [3.05, 3.63) is 75.7 Å². The van der Waals surface area contributed by atoms with Gasteiger partial charge in [-0.05, 0) is 36.8 Å². The Balaban J connectivity index is 1.56. The second kappa shape index (κ2) is 8.56. The average molecular weight is 420 g/mol. The smallest absolute Gasteiger partial charge is 0.266 e. The molecule has 30 heavy (non-hydrogen) atoms. The van der Waals surface area contributed by atoms with Crippen LogP contribution in [0.2, 0.25) is 0 Å². The lowest BCUT2D eigenvalue weighted by atomic mass is 9.89. The summed E-state index contributed by atoms with van der Waals surface area (Å²) in [4.78, 5) is 19.3. The Morgan fingerprint density at radius 3 is 2.63 bits per heavy atom. The highest BCUT2D eigenvalue weighted by molar-refractivity contribution is 7.09. The van der Waals surface area contributed by atoms with Crippen molar-refractivity contribution in [1.29, 1.82) is 5.26 Å². The molecule has 0 saturated carbocycles. The van der Waals surface area contributed by atoms with E-state index in [1.165, 1.54) is 0 Å². The van der Waals surface area contributed by atoms with Gasteiger partial charge in [-0.15, -0.1) is 11.3 Å². The summed E-state index contributed by atoms with van der Waals surface area (Å²) in [6, 6.07) is 16.4. The van der Waals surface area contributed by atoms with Crippen LogP contribution in [0.4, 0.5) is 0 Å². The second-order valence-corrected chi connectivity index (χ2v) is 8.10. The highest BCUT2D eigenvalue weighted by atomic mass is 32.1. The van der Waals surface area contributed by atoms with E-state index in [0.717, 1.165) is 16.3 Å². The number of thiazole rings is 1. The Morgan fingerprint density at radius 1 is 1.20 bits per heavy atom. The molecule has 0 N–H and O–H groups in total. The van der Waals surface area contributed by atoms with Gasteiger partial charge in [0, 0.05) is 24.4 Å². The first-order valence-corrected chi connectivity index (χ1v) is 10.5. The van der Waals surface area contributed by atoms with Crippen LogP contribution in [-0.4, -0.2) is 35.5 Å². The van der Waals surface area contributed by atoms with Crippen molar-refractivity contribution in [2.75, 3.05) is 13.7 Å². The summed E-state index contributed by atoms with van der Waals surface area (Å²) in [5, 5.41) is 12.1. The Bertz CT molecular complexity index is 1090. The molecule has 0 spiro atoms. The van der Waals surface area contributed by atoms with E-state index in [1.54, 1.807) is 36.6 Å². The van der Waals surface area contributed by atoms with Gasteiger partial charge < -0.3 is 14.4 Å². The largest absolute Gasteiger partial charge is 0.497 e. The third-order valence-electron chi connectivity index (χ3n) is 5.11. The van der Waals surface area contributed by atoms with E-state index in [-0.39, 0.29) is 11.9 Å². The molecule has 6 nitrogen and oxygen atoms in total. The molecule has 2 heterocycles. The van der Waals surface area contributed by atoms with Crippen molar-refractivity contribution in [2.24, 2.45) is 0 Å². The number of hydrogen-bond acceptors (Lipinski definition) is 6. The third kappa shape index (κ3) is 4.00. The molecule has 0 bridgehead atoms. The molecular formula is C23H21N3O3S. The molecule has 3 aromatic rings. The molecule has 0 radical (unpaired) electrons. The number of nitriles is 1. The van der Waals surface area contributed by atoms with Crippen molar-refractivity contribution in [3.63, 3.8) is 0 Å². The number of benzene rings is 2. The number of rotatable bonds is 7. The molecule has 1 amide bonds. The molecule has 4 rings (SSSR count). The van der Waals surface area contributed by atoms with Crippen molar-refractivity contribution < 1.29 is 14.3 Å². The van der Waals surface area contributed by atoms with Gasteiger partial charge in [-0.25, -0.2) is 4.98 Å². The van der Waals surface area contributed by atoms with Gasteiger partial charge in [-0.1, -0.05) is 18.2 Å². The molecule has 152 valence electrons. The van der Waals surface area contributed by atoms with E-state index in [0.29, 0.717) is 30.0 Å². The summed E-state index contributed by atoms with van der Waals surface area (Å²) in [6.45, 7) is 2.53. The fourth-order valence-corrected chi connectivity index (χ4v) is 4.22. The molecule has 2 aromatic carbocycles. The van der Waals surface area contributed by atoms with E-state index in [9.17, 15) is 4.79 Å². The van der Waals surface area contributed by atoms with Crippen molar-refractivity contribution in [2.45, 2.75) is 25.5 Å². The fourth-order valence-electron chi connectivity index (χ4n) is 3.57.